The van der Waals surface area contributed by atoms with Gasteiger partial charge in [0.15, 0.2) is 5.75 Å². The van der Waals surface area contributed by atoms with Gasteiger partial charge < -0.3 is 4.74 Å². The van der Waals surface area contributed by atoms with Gasteiger partial charge in [0.25, 0.3) is 5.95 Å². The van der Waals surface area contributed by atoms with Crippen LogP contribution in [0, 0.1) is 5.95 Å². The topological polar surface area (TPSA) is 22.1 Å². The molecule has 2 rings (SSSR count). The van der Waals surface area contributed by atoms with Crippen LogP contribution in [0.5, 0.6) is 5.75 Å². The Labute approximate surface area is 87.4 Å². The first-order chi connectivity index (χ1) is 7.36. The lowest BCUT2D eigenvalue weighted by molar-refractivity contribution is 0.286. The van der Waals surface area contributed by atoms with Gasteiger partial charge in [0.05, 0.1) is 0 Å². The fourth-order valence-electron chi connectivity index (χ4n) is 1.21. The van der Waals surface area contributed by atoms with E-state index in [-0.39, 0.29) is 5.75 Å². The average molecular weight is 203 g/mol. The van der Waals surface area contributed by atoms with Crippen LogP contribution in [0.25, 0.3) is 0 Å². The Morgan fingerprint density at radius 3 is 2.60 bits per heavy atom. The summed E-state index contributed by atoms with van der Waals surface area (Å²) >= 11 is 0. The van der Waals surface area contributed by atoms with Crippen molar-refractivity contribution in [2.45, 2.75) is 6.61 Å². The van der Waals surface area contributed by atoms with Crippen LogP contribution in [0.1, 0.15) is 5.56 Å². The maximum Gasteiger partial charge on any atom is 0.255 e. The fourth-order valence-corrected chi connectivity index (χ4v) is 1.21. The van der Waals surface area contributed by atoms with E-state index in [1.54, 1.807) is 12.1 Å². The largest absolute Gasteiger partial charge is 0.484 e. The van der Waals surface area contributed by atoms with Crippen LogP contribution in [-0.2, 0) is 6.61 Å². The summed E-state index contributed by atoms with van der Waals surface area (Å²) in [5.41, 5.74) is 1.00. The van der Waals surface area contributed by atoms with Crippen molar-refractivity contribution in [3.63, 3.8) is 0 Å². The number of aromatic nitrogens is 1. The number of ether oxygens (including phenoxy) is 1. The Morgan fingerprint density at radius 2 is 1.87 bits per heavy atom. The molecular weight excluding hydrogens is 193 g/mol. The van der Waals surface area contributed by atoms with Gasteiger partial charge in [-0.05, 0) is 17.7 Å². The first-order valence-electron chi connectivity index (χ1n) is 4.63. The van der Waals surface area contributed by atoms with Crippen molar-refractivity contribution < 1.29 is 9.13 Å². The van der Waals surface area contributed by atoms with Crippen LogP contribution in [0.2, 0.25) is 0 Å². The van der Waals surface area contributed by atoms with E-state index in [2.05, 4.69) is 4.98 Å². The molecule has 2 aromatic rings. The summed E-state index contributed by atoms with van der Waals surface area (Å²) in [5.74, 6) is -0.394. The van der Waals surface area contributed by atoms with Crippen molar-refractivity contribution in [2.75, 3.05) is 0 Å². The summed E-state index contributed by atoms with van der Waals surface area (Å²) in [6.07, 6.45) is 1.39. The quantitative estimate of drug-likeness (QED) is 0.715. The lowest BCUT2D eigenvalue weighted by Crippen LogP contribution is -1.97. The Bertz CT molecular complexity index is 431. The molecule has 0 N–H and O–H groups in total. The summed E-state index contributed by atoms with van der Waals surface area (Å²) in [6.45, 7) is 0.351. The lowest BCUT2D eigenvalue weighted by atomic mass is 10.2. The number of benzene rings is 1. The van der Waals surface area contributed by atoms with Gasteiger partial charge >= 0.3 is 0 Å². The van der Waals surface area contributed by atoms with E-state index in [9.17, 15) is 4.39 Å². The van der Waals surface area contributed by atoms with Crippen molar-refractivity contribution >= 4 is 0 Å². The van der Waals surface area contributed by atoms with E-state index in [0.717, 1.165) is 5.56 Å². The minimum Gasteiger partial charge on any atom is -0.484 e. The predicted octanol–water partition coefficient (Wildman–Crippen LogP) is 2.80. The Balaban J connectivity index is 2.03. The highest BCUT2D eigenvalue weighted by atomic mass is 19.1. The molecule has 0 atom stereocenters. The lowest BCUT2D eigenvalue weighted by Gasteiger charge is -2.05. The molecule has 0 aliphatic heterocycles. The summed E-state index contributed by atoms with van der Waals surface area (Å²) in [4.78, 5) is 3.50. The van der Waals surface area contributed by atoms with Gasteiger partial charge in [-0.3, -0.25) is 0 Å². The monoisotopic (exact) mass is 203 g/mol. The van der Waals surface area contributed by atoms with Crippen LogP contribution in [0.4, 0.5) is 4.39 Å². The highest BCUT2D eigenvalue weighted by molar-refractivity contribution is 5.20. The van der Waals surface area contributed by atoms with E-state index in [1.165, 1.54) is 6.20 Å². The molecule has 0 aliphatic rings. The molecule has 0 amide bonds. The molecule has 2 nitrogen and oxygen atoms in total. The molecule has 0 spiro atoms. The van der Waals surface area contributed by atoms with E-state index >= 15 is 0 Å². The van der Waals surface area contributed by atoms with Gasteiger partial charge in [-0.1, -0.05) is 30.3 Å². The summed E-state index contributed by atoms with van der Waals surface area (Å²) in [6, 6.07) is 12.8. The van der Waals surface area contributed by atoms with Crippen LogP contribution >= 0.6 is 0 Å². The molecular formula is C12H10FNO. The molecule has 0 fully saturated rings. The molecule has 0 saturated carbocycles. The molecule has 1 heterocycles. The molecule has 3 heteroatoms. The Kier molecular flexibility index (Phi) is 2.93. The van der Waals surface area contributed by atoms with Crippen molar-refractivity contribution in [3.8, 4) is 5.75 Å². The molecule has 0 saturated heterocycles. The zero-order valence-corrected chi connectivity index (χ0v) is 8.06. The van der Waals surface area contributed by atoms with E-state index < -0.39 is 5.95 Å². The van der Waals surface area contributed by atoms with Crippen molar-refractivity contribution in [1.82, 2.24) is 4.98 Å². The molecule has 1 aromatic heterocycles. The molecule has 0 aliphatic carbocycles. The van der Waals surface area contributed by atoms with Crippen LogP contribution in [0.15, 0.2) is 48.7 Å². The highest BCUT2D eigenvalue weighted by Crippen LogP contribution is 2.14. The zero-order valence-electron chi connectivity index (χ0n) is 8.06. The van der Waals surface area contributed by atoms with Crippen molar-refractivity contribution in [3.05, 3.63) is 60.2 Å². The molecule has 15 heavy (non-hydrogen) atoms. The normalized spacial score (nSPS) is 9.93. The second-order valence-corrected chi connectivity index (χ2v) is 3.07. The maximum absolute atomic E-state index is 13.1. The van der Waals surface area contributed by atoms with Gasteiger partial charge in [0.1, 0.15) is 6.61 Å². The molecule has 1 aromatic carbocycles. The fraction of sp³-hybridized carbons (Fsp3) is 0.0833. The number of hydrogen-bond donors (Lipinski definition) is 0. The number of hydrogen-bond acceptors (Lipinski definition) is 2. The standard InChI is InChI=1S/C12H10FNO/c13-12-11(7-4-8-14-12)15-9-10-5-2-1-3-6-10/h1-8H,9H2. The van der Waals surface area contributed by atoms with Crippen LogP contribution in [-0.4, -0.2) is 4.98 Å². The second-order valence-electron chi connectivity index (χ2n) is 3.07. The number of halogens is 1. The minimum atomic E-state index is -0.576. The van der Waals surface area contributed by atoms with Crippen molar-refractivity contribution in [2.24, 2.45) is 0 Å². The highest BCUT2D eigenvalue weighted by Gasteiger charge is 2.02. The predicted molar refractivity (Wildman–Crippen MR) is 55.0 cm³/mol. The maximum atomic E-state index is 13.1. The molecule has 76 valence electrons. The Morgan fingerprint density at radius 1 is 1.07 bits per heavy atom. The molecule has 0 unspecified atom stereocenters. The smallest absolute Gasteiger partial charge is 0.255 e. The summed E-state index contributed by atoms with van der Waals surface area (Å²) < 4.78 is 18.3. The number of pyridine rings is 1. The summed E-state index contributed by atoms with van der Waals surface area (Å²) in [7, 11) is 0. The SMILES string of the molecule is Fc1ncccc1OCc1ccccc1. The van der Waals surface area contributed by atoms with E-state index in [0.29, 0.717) is 6.61 Å². The number of rotatable bonds is 3. The third-order valence-corrected chi connectivity index (χ3v) is 1.96. The number of nitrogens with zero attached hydrogens (tertiary/aromatic N) is 1. The minimum absolute atomic E-state index is 0.182. The van der Waals surface area contributed by atoms with Gasteiger partial charge in [-0.2, -0.15) is 4.39 Å². The van der Waals surface area contributed by atoms with E-state index in [1.807, 2.05) is 30.3 Å². The van der Waals surface area contributed by atoms with Crippen molar-refractivity contribution in [1.29, 1.82) is 0 Å². The second kappa shape index (κ2) is 4.55. The van der Waals surface area contributed by atoms with Gasteiger partial charge in [0.2, 0.25) is 0 Å². The van der Waals surface area contributed by atoms with Gasteiger partial charge in [-0.25, -0.2) is 4.98 Å². The third kappa shape index (κ3) is 2.53. The zero-order chi connectivity index (χ0) is 10.5. The third-order valence-electron chi connectivity index (χ3n) is 1.96. The van der Waals surface area contributed by atoms with Gasteiger partial charge in [0, 0.05) is 6.20 Å². The van der Waals surface area contributed by atoms with Crippen LogP contribution < -0.4 is 4.74 Å². The first kappa shape index (κ1) is 9.65. The van der Waals surface area contributed by atoms with E-state index in [4.69, 9.17) is 4.74 Å². The summed E-state index contributed by atoms with van der Waals surface area (Å²) in [5, 5.41) is 0. The first-order valence-corrected chi connectivity index (χ1v) is 4.63. The molecule has 0 radical (unpaired) electrons. The molecule has 0 bridgehead atoms. The van der Waals surface area contributed by atoms with Gasteiger partial charge in [-0.15, -0.1) is 0 Å². The van der Waals surface area contributed by atoms with Crippen LogP contribution in [0.3, 0.4) is 0 Å². The average Bonchev–Trinajstić information content (AvgIpc) is 2.29. The Hall–Kier alpha value is -1.90.